The van der Waals surface area contributed by atoms with Crippen LogP contribution < -0.4 is 0 Å². The van der Waals surface area contributed by atoms with Gasteiger partial charge in [-0.2, -0.15) is 13.2 Å². The van der Waals surface area contributed by atoms with Crippen LogP contribution in [0, 0.1) is 0 Å². The van der Waals surface area contributed by atoms with Crippen LogP contribution in [-0.2, 0) is 17.5 Å². The molecule has 1 heterocycles. The van der Waals surface area contributed by atoms with E-state index in [2.05, 4.69) is 0 Å². The molecule has 1 aliphatic rings. The van der Waals surface area contributed by atoms with Crippen molar-refractivity contribution in [2.24, 2.45) is 0 Å². The molecule has 2 rings (SSSR count). The predicted octanol–water partition coefficient (Wildman–Crippen LogP) is 2.84. The lowest BCUT2D eigenvalue weighted by molar-refractivity contribution is -0.137. The first-order valence-electron chi connectivity index (χ1n) is 5.34. The molecule has 94 valence electrons. The van der Waals surface area contributed by atoms with Crippen molar-refractivity contribution in [2.75, 3.05) is 20.7 Å². The SMILES string of the molecule is CN(C)C1COCc2ccc(C(F)(F)F)cc21. The molecular formula is C12H14F3NO. The Kier molecular flexibility index (Phi) is 3.14. The van der Waals surface area contributed by atoms with Crippen LogP contribution in [0.2, 0.25) is 0 Å². The van der Waals surface area contributed by atoms with E-state index in [4.69, 9.17) is 4.74 Å². The number of hydrogen-bond donors (Lipinski definition) is 0. The summed E-state index contributed by atoms with van der Waals surface area (Å²) in [5, 5.41) is 0. The van der Waals surface area contributed by atoms with E-state index in [1.54, 1.807) is 0 Å². The van der Waals surface area contributed by atoms with E-state index >= 15 is 0 Å². The van der Waals surface area contributed by atoms with Gasteiger partial charge in [0.25, 0.3) is 0 Å². The highest BCUT2D eigenvalue weighted by Crippen LogP contribution is 2.35. The molecule has 1 aliphatic heterocycles. The Balaban J connectivity index is 2.44. The first kappa shape index (κ1) is 12.4. The van der Waals surface area contributed by atoms with Crippen molar-refractivity contribution in [3.05, 3.63) is 34.9 Å². The zero-order chi connectivity index (χ0) is 12.6. The van der Waals surface area contributed by atoms with E-state index in [1.165, 1.54) is 12.1 Å². The van der Waals surface area contributed by atoms with Crippen LogP contribution in [0.15, 0.2) is 18.2 Å². The number of benzene rings is 1. The maximum atomic E-state index is 12.6. The Morgan fingerprint density at radius 2 is 2.00 bits per heavy atom. The molecule has 0 saturated heterocycles. The van der Waals surface area contributed by atoms with Crippen molar-refractivity contribution in [1.29, 1.82) is 0 Å². The van der Waals surface area contributed by atoms with Gasteiger partial charge in [-0.25, -0.2) is 0 Å². The average molecular weight is 245 g/mol. The van der Waals surface area contributed by atoms with Gasteiger partial charge in [-0.1, -0.05) is 6.07 Å². The third kappa shape index (κ3) is 2.45. The van der Waals surface area contributed by atoms with E-state index in [0.717, 1.165) is 17.2 Å². The fourth-order valence-corrected chi connectivity index (χ4v) is 2.01. The molecular weight excluding hydrogens is 231 g/mol. The van der Waals surface area contributed by atoms with E-state index in [1.807, 2.05) is 19.0 Å². The average Bonchev–Trinajstić information content (AvgIpc) is 2.26. The summed E-state index contributed by atoms with van der Waals surface area (Å²) in [6.45, 7) is 0.819. The Morgan fingerprint density at radius 3 is 2.59 bits per heavy atom. The van der Waals surface area contributed by atoms with Gasteiger partial charge in [0.2, 0.25) is 0 Å². The molecule has 0 N–H and O–H groups in total. The Labute approximate surface area is 98.0 Å². The second kappa shape index (κ2) is 4.31. The Bertz CT molecular complexity index is 415. The number of ether oxygens (including phenoxy) is 1. The molecule has 1 atom stereocenters. The minimum absolute atomic E-state index is 0.110. The molecule has 0 fully saturated rings. The first-order chi connectivity index (χ1) is 7.89. The normalized spacial score (nSPS) is 20.5. The van der Waals surface area contributed by atoms with E-state index in [0.29, 0.717) is 13.2 Å². The van der Waals surface area contributed by atoms with Gasteiger partial charge in [-0.3, -0.25) is 0 Å². The zero-order valence-corrected chi connectivity index (χ0v) is 9.71. The monoisotopic (exact) mass is 245 g/mol. The lowest BCUT2D eigenvalue weighted by atomic mass is 9.96. The van der Waals surface area contributed by atoms with Crippen molar-refractivity contribution in [1.82, 2.24) is 4.90 Å². The molecule has 5 heteroatoms. The number of halogens is 3. The maximum absolute atomic E-state index is 12.6. The Hall–Kier alpha value is -1.07. The largest absolute Gasteiger partial charge is 0.416 e. The van der Waals surface area contributed by atoms with Gasteiger partial charge in [0.05, 0.1) is 24.8 Å². The standard InChI is InChI=1S/C12H14F3NO/c1-16(2)11-7-17-6-8-3-4-9(5-10(8)11)12(13,14)15/h3-5,11H,6-7H2,1-2H3. The molecule has 1 aromatic carbocycles. The summed E-state index contributed by atoms with van der Waals surface area (Å²) >= 11 is 0. The fourth-order valence-electron chi connectivity index (χ4n) is 2.01. The van der Waals surface area contributed by atoms with Crippen LogP contribution in [0.1, 0.15) is 22.7 Å². The second-order valence-electron chi connectivity index (χ2n) is 4.41. The van der Waals surface area contributed by atoms with Crippen molar-refractivity contribution in [3.8, 4) is 0 Å². The van der Waals surface area contributed by atoms with Crippen LogP contribution >= 0.6 is 0 Å². The number of likely N-dealkylation sites (N-methyl/N-ethyl adjacent to an activating group) is 1. The molecule has 0 bridgehead atoms. The fraction of sp³-hybridized carbons (Fsp3) is 0.500. The molecule has 0 saturated carbocycles. The number of nitrogens with zero attached hydrogens (tertiary/aromatic N) is 1. The summed E-state index contributed by atoms with van der Waals surface area (Å²) in [6, 6.07) is 3.75. The van der Waals surface area contributed by atoms with Crippen LogP contribution in [0.5, 0.6) is 0 Å². The van der Waals surface area contributed by atoms with Crippen LogP contribution in [0.4, 0.5) is 13.2 Å². The van der Waals surface area contributed by atoms with E-state index < -0.39 is 11.7 Å². The lowest BCUT2D eigenvalue weighted by Crippen LogP contribution is -2.29. The van der Waals surface area contributed by atoms with Crippen molar-refractivity contribution in [3.63, 3.8) is 0 Å². The van der Waals surface area contributed by atoms with Gasteiger partial charge < -0.3 is 9.64 Å². The molecule has 1 unspecified atom stereocenters. The highest BCUT2D eigenvalue weighted by atomic mass is 19.4. The number of hydrogen-bond acceptors (Lipinski definition) is 2. The first-order valence-corrected chi connectivity index (χ1v) is 5.34. The second-order valence-corrected chi connectivity index (χ2v) is 4.41. The van der Waals surface area contributed by atoms with Crippen molar-refractivity contribution in [2.45, 2.75) is 18.8 Å². The van der Waals surface area contributed by atoms with E-state index in [-0.39, 0.29) is 6.04 Å². The quantitative estimate of drug-likeness (QED) is 0.754. The van der Waals surface area contributed by atoms with E-state index in [9.17, 15) is 13.2 Å². The van der Waals surface area contributed by atoms with Crippen molar-refractivity contribution >= 4 is 0 Å². The molecule has 0 aliphatic carbocycles. The molecule has 0 amide bonds. The summed E-state index contributed by atoms with van der Waals surface area (Å²) in [4.78, 5) is 1.87. The molecule has 0 radical (unpaired) electrons. The lowest BCUT2D eigenvalue weighted by Gasteiger charge is -2.31. The Morgan fingerprint density at radius 1 is 1.29 bits per heavy atom. The summed E-state index contributed by atoms with van der Waals surface area (Å²) in [5.74, 6) is 0. The summed E-state index contributed by atoms with van der Waals surface area (Å²) in [5.41, 5.74) is 0.962. The number of rotatable bonds is 1. The third-order valence-corrected chi connectivity index (χ3v) is 2.99. The maximum Gasteiger partial charge on any atom is 0.416 e. The molecule has 1 aromatic rings. The third-order valence-electron chi connectivity index (χ3n) is 2.99. The highest BCUT2D eigenvalue weighted by molar-refractivity contribution is 5.36. The minimum atomic E-state index is -4.29. The number of fused-ring (bicyclic) bond motifs is 1. The minimum Gasteiger partial charge on any atom is -0.375 e. The van der Waals surface area contributed by atoms with Crippen LogP contribution in [0.25, 0.3) is 0 Å². The van der Waals surface area contributed by atoms with Gasteiger partial charge >= 0.3 is 6.18 Å². The molecule has 0 spiro atoms. The smallest absolute Gasteiger partial charge is 0.375 e. The van der Waals surface area contributed by atoms with Gasteiger partial charge in [-0.15, -0.1) is 0 Å². The molecule has 0 aromatic heterocycles. The molecule has 17 heavy (non-hydrogen) atoms. The van der Waals surface area contributed by atoms with Gasteiger partial charge in [0.15, 0.2) is 0 Å². The summed E-state index contributed by atoms with van der Waals surface area (Å²) < 4.78 is 43.3. The predicted molar refractivity (Wildman–Crippen MR) is 57.5 cm³/mol. The highest BCUT2D eigenvalue weighted by Gasteiger charge is 2.33. The summed E-state index contributed by atoms with van der Waals surface area (Å²) in [7, 11) is 3.67. The van der Waals surface area contributed by atoms with Gasteiger partial charge in [0, 0.05) is 0 Å². The van der Waals surface area contributed by atoms with Gasteiger partial charge in [0.1, 0.15) is 0 Å². The van der Waals surface area contributed by atoms with Crippen molar-refractivity contribution < 1.29 is 17.9 Å². The zero-order valence-electron chi connectivity index (χ0n) is 9.71. The molecule has 2 nitrogen and oxygen atoms in total. The topological polar surface area (TPSA) is 12.5 Å². The summed E-state index contributed by atoms with van der Waals surface area (Å²) in [6.07, 6.45) is -4.29. The van der Waals surface area contributed by atoms with Crippen LogP contribution in [-0.4, -0.2) is 25.6 Å². The van der Waals surface area contributed by atoms with Gasteiger partial charge in [-0.05, 0) is 37.4 Å². The van der Waals surface area contributed by atoms with Crippen LogP contribution in [0.3, 0.4) is 0 Å². The number of alkyl halides is 3.